The number of nitrogens with zero attached hydrogens (tertiary/aromatic N) is 1. The summed E-state index contributed by atoms with van der Waals surface area (Å²) >= 11 is 1.52. The van der Waals surface area contributed by atoms with E-state index in [0.29, 0.717) is 16.3 Å². The maximum Gasteiger partial charge on any atom is 0.247 e. The summed E-state index contributed by atoms with van der Waals surface area (Å²) in [5.41, 5.74) is 2.40. The summed E-state index contributed by atoms with van der Waals surface area (Å²) in [6, 6.07) is 7.63. The highest BCUT2D eigenvalue weighted by atomic mass is 32.1. The number of thiophene rings is 1. The number of benzene rings is 1. The summed E-state index contributed by atoms with van der Waals surface area (Å²) < 4.78 is 13.0. The molecule has 130 valence electrons. The van der Waals surface area contributed by atoms with E-state index in [1.165, 1.54) is 34.8 Å². The molecule has 2 N–H and O–H groups in total. The molecule has 0 bridgehead atoms. The van der Waals surface area contributed by atoms with Gasteiger partial charge in [0.15, 0.2) is 0 Å². The number of carbonyl (C=O) groups excluding carboxylic acids is 1. The minimum absolute atomic E-state index is 0.211. The Bertz CT molecular complexity index is 807. The van der Waals surface area contributed by atoms with Crippen molar-refractivity contribution >= 4 is 27.9 Å². The Balaban J connectivity index is 1.72. The zero-order chi connectivity index (χ0) is 17.8. The number of nitriles is 1. The quantitative estimate of drug-likeness (QED) is 0.794. The third-order valence-electron chi connectivity index (χ3n) is 4.39. The Morgan fingerprint density at radius 2 is 1.96 bits per heavy atom. The lowest BCUT2D eigenvalue weighted by molar-refractivity contribution is -0.116. The molecule has 0 unspecified atom stereocenters. The third-order valence-corrected chi connectivity index (χ3v) is 5.60. The van der Waals surface area contributed by atoms with E-state index in [9.17, 15) is 14.4 Å². The van der Waals surface area contributed by atoms with Crippen LogP contribution in [0.2, 0.25) is 0 Å². The number of hydrogen-bond acceptors (Lipinski definition) is 4. The summed E-state index contributed by atoms with van der Waals surface area (Å²) in [6.07, 6.45) is 5.30. The molecule has 2 aromatic rings. The Hall–Kier alpha value is -2.39. The van der Waals surface area contributed by atoms with Gasteiger partial charge in [0.1, 0.15) is 22.9 Å². The van der Waals surface area contributed by atoms with Crippen molar-refractivity contribution in [2.75, 3.05) is 10.6 Å². The highest BCUT2D eigenvalue weighted by Crippen LogP contribution is 2.37. The number of hydrogen-bond donors (Lipinski definition) is 2. The largest absolute Gasteiger partial charge is 0.374 e. The fraction of sp³-hybridized carbons (Fsp3) is 0.368. The van der Waals surface area contributed by atoms with Gasteiger partial charge in [-0.05, 0) is 62.4 Å². The molecule has 0 spiro atoms. The number of carbonyl (C=O) groups is 1. The normalized spacial score (nSPS) is 14.8. The number of anilines is 2. The topological polar surface area (TPSA) is 64.9 Å². The van der Waals surface area contributed by atoms with Crippen molar-refractivity contribution in [3.63, 3.8) is 0 Å². The van der Waals surface area contributed by atoms with Gasteiger partial charge in [0.2, 0.25) is 5.91 Å². The summed E-state index contributed by atoms with van der Waals surface area (Å²) in [7, 11) is 0. The van der Waals surface area contributed by atoms with Crippen LogP contribution in [0.5, 0.6) is 0 Å². The first-order chi connectivity index (χ1) is 12.1. The SMILES string of the molecule is C[C@H](Nc1ccc(F)cc1)C(=O)Nc1sc2c(c1C#N)CCCCC2. The van der Waals surface area contributed by atoms with Crippen LogP contribution in [0.1, 0.15) is 42.2 Å². The van der Waals surface area contributed by atoms with Crippen LogP contribution in [0.25, 0.3) is 0 Å². The highest BCUT2D eigenvalue weighted by Gasteiger charge is 2.22. The van der Waals surface area contributed by atoms with Crippen LogP contribution in [0.4, 0.5) is 15.1 Å². The molecule has 0 saturated carbocycles. The molecule has 0 fully saturated rings. The van der Waals surface area contributed by atoms with Crippen LogP contribution in [-0.4, -0.2) is 11.9 Å². The standard InChI is InChI=1S/C19H20FN3OS/c1-12(22-14-9-7-13(20)8-10-14)18(24)23-19-16(11-21)15-5-3-2-4-6-17(15)25-19/h7-10,12,22H,2-6H2,1H3,(H,23,24)/t12-/m0/s1. The minimum atomic E-state index is -0.501. The lowest BCUT2D eigenvalue weighted by Crippen LogP contribution is -2.31. The average Bonchev–Trinajstić information content (AvgIpc) is 2.76. The second-order valence-electron chi connectivity index (χ2n) is 6.24. The molecule has 3 rings (SSSR count). The van der Waals surface area contributed by atoms with Gasteiger partial charge >= 0.3 is 0 Å². The van der Waals surface area contributed by atoms with Gasteiger partial charge in [0, 0.05) is 10.6 Å². The van der Waals surface area contributed by atoms with Gasteiger partial charge < -0.3 is 10.6 Å². The van der Waals surface area contributed by atoms with E-state index in [4.69, 9.17) is 0 Å². The molecule has 0 radical (unpaired) electrons. The molecule has 1 aromatic heterocycles. The maximum atomic E-state index is 13.0. The average molecular weight is 357 g/mol. The number of aryl methyl sites for hydroxylation is 1. The van der Waals surface area contributed by atoms with E-state index in [1.54, 1.807) is 19.1 Å². The van der Waals surface area contributed by atoms with Gasteiger partial charge in [-0.3, -0.25) is 4.79 Å². The molecule has 25 heavy (non-hydrogen) atoms. The Labute approximate surface area is 150 Å². The number of nitrogens with one attached hydrogen (secondary N) is 2. The van der Waals surface area contributed by atoms with Crippen molar-refractivity contribution < 1.29 is 9.18 Å². The lowest BCUT2D eigenvalue weighted by atomic mass is 10.1. The van der Waals surface area contributed by atoms with Gasteiger partial charge in [-0.15, -0.1) is 11.3 Å². The van der Waals surface area contributed by atoms with Crippen molar-refractivity contribution in [2.45, 2.75) is 45.1 Å². The number of amides is 1. The molecule has 1 heterocycles. The van der Waals surface area contributed by atoms with Crippen LogP contribution >= 0.6 is 11.3 Å². The second kappa shape index (κ2) is 7.66. The molecule has 4 nitrogen and oxygen atoms in total. The molecule has 1 aliphatic rings. The van der Waals surface area contributed by atoms with Gasteiger partial charge in [0.05, 0.1) is 5.56 Å². The molecular weight excluding hydrogens is 337 g/mol. The summed E-state index contributed by atoms with van der Waals surface area (Å²) in [5.74, 6) is -0.529. The first-order valence-electron chi connectivity index (χ1n) is 8.46. The van der Waals surface area contributed by atoms with E-state index >= 15 is 0 Å². The van der Waals surface area contributed by atoms with Crippen molar-refractivity contribution in [3.05, 3.63) is 46.1 Å². The molecule has 1 aromatic carbocycles. The van der Waals surface area contributed by atoms with Crippen LogP contribution in [0.15, 0.2) is 24.3 Å². The predicted octanol–water partition coefficient (Wildman–Crippen LogP) is 4.47. The maximum absolute atomic E-state index is 13.0. The Morgan fingerprint density at radius 3 is 2.68 bits per heavy atom. The molecule has 6 heteroatoms. The van der Waals surface area contributed by atoms with Gasteiger partial charge in [-0.2, -0.15) is 5.26 Å². The number of halogens is 1. The van der Waals surface area contributed by atoms with Gasteiger partial charge in [-0.25, -0.2) is 4.39 Å². The monoisotopic (exact) mass is 357 g/mol. The Morgan fingerprint density at radius 1 is 1.24 bits per heavy atom. The summed E-state index contributed by atoms with van der Waals surface area (Å²) in [4.78, 5) is 13.7. The van der Waals surface area contributed by atoms with Crippen molar-refractivity contribution in [1.29, 1.82) is 5.26 Å². The van der Waals surface area contributed by atoms with Crippen LogP contribution in [0, 0.1) is 17.1 Å². The summed E-state index contributed by atoms with van der Waals surface area (Å²) in [5, 5.41) is 16.1. The van der Waals surface area contributed by atoms with E-state index in [2.05, 4.69) is 16.7 Å². The molecule has 1 amide bonds. The molecular formula is C19H20FN3OS. The molecule has 1 atom stereocenters. The second-order valence-corrected chi connectivity index (χ2v) is 7.35. The van der Waals surface area contributed by atoms with E-state index in [-0.39, 0.29) is 11.7 Å². The van der Waals surface area contributed by atoms with Crippen LogP contribution in [-0.2, 0) is 17.6 Å². The Kier molecular flexibility index (Phi) is 5.34. The molecule has 0 saturated heterocycles. The minimum Gasteiger partial charge on any atom is -0.374 e. The zero-order valence-electron chi connectivity index (χ0n) is 14.1. The van der Waals surface area contributed by atoms with Crippen molar-refractivity contribution in [3.8, 4) is 6.07 Å². The van der Waals surface area contributed by atoms with E-state index in [0.717, 1.165) is 31.2 Å². The van der Waals surface area contributed by atoms with E-state index in [1.807, 2.05) is 0 Å². The smallest absolute Gasteiger partial charge is 0.247 e. The van der Waals surface area contributed by atoms with Gasteiger partial charge in [-0.1, -0.05) is 6.42 Å². The van der Waals surface area contributed by atoms with Crippen LogP contribution < -0.4 is 10.6 Å². The molecule has 0 aliphatic heterocycles. The molecule has 1 aliphatic carbocycles. The van der Waals surface area contributed by atoms with Crippen LogP contribution in [0.3, 0.4) is 0 Å². The fourth-order valence-corrected chi connectivity index (χ4v) is 4.27. The first-order valence-corrected chi connectivity index (χ1v) is 9.27. The van der Waals surface area contributed by atoms with Crippen molar-refractivity contribution in [1.82, 2.24) is 0 Å². The first kappa shape index (κ1) is 17.4. The zero-order valence-corrected chi connectivity index (χ0v) is 14.9. The predicted molar refractivity (Wildman–Crippen MR) is 98.4 cm³/mol. The number of rotatable bonds is 4. The summed E-state index contributed by atoms with van der Waals surface area (Å²) in [6.45, 7) is 1.74. The highest BCUT2D eigenvalue weighted by molar-refractivity contribution is 7.16. The van der Waals surface area contributed by atoms with Crippen molar-refractivity contribution in [2.24, 2.45) is 0 Å². The van der Waals surface area contributed by atoms with Gasteiger partial charge in [0.25, 0.3) is 0 Å². The number of fused-ring (bicyclic) bond motifs is 1. The fourth-order valence-electron chi connectivity index (χ4n) is 3.03. The van der Waals surface area contributed by atoms with E-state index < -0.39 is 6.04 Å². The lowest BCUT2D eigenvalue weighted by Gasteiger charge is -2.15. The third kappa shape index (κ3) is 3.99.